The largest absolute Gasteiger partial charge is 0.385 e. The number of nitrogens with two attached hydrogens (primary N) is 1. The lowest BCUT2D eigenvalue weighted by molar-refractivity contribution is -0.0389. The van der Waals surface area contributed by atoms with Crippen LogP contribution in [0.5, 0.6) is 0 Å². The Morgan fingerprint density at radius 2 is 2.00 bits per heavy atom. The molecule has 0 unspecified atom stereocenters. The van der Waals surface area contributed by atoms with Gasteiger partial charge in [-0.25, -0.2) is 0 Å². The van der Waals surface area contributed by atoms with E-state index in [0.29, 0.717) is 5.56 Å². The van der Waals surface area contributed by atoms with Crippen molar-refractivity contribution in [2.45, 2.75) is 24.9 Å². The predicted octanol–water partition coefficient (Wildman–Crippen LogP) is 1.34. The fourth-order valence-electron chi connectivity index (χ4n) is 1.90. The highest BCUT2D eigenvalue weighted by Gasteiger charge is 2.37. The van der Waals surface area contributed by atoms with Crippen molar-refractivity contribution in [3.05, 3.63) is 35.4 Å². The van der Waals surface area contributed by atoms with Gasteiger partial charge in [-0.2, -0.15) is 0 Å². The second-order valence-electron chi connectivity index (χ2n) is 3.84. The van der Waals surface area contributed by atoms with Gasteiger partial charge in [0.2, 0.25) is 0 Å². The minimum Gasteiger partial charge on any atom is -0.385 e. The van der Waals surface area contributed by atoms with Crippen LogP contribution >= 0.6 is 0 Å². The van der Waals surface area contributed by atoms with Crippen molar-refractivity contribution in [1.29, 1.82) is 5.41 Å². The van der Waals surface area contributed by atoms with E-state index in [9.17, 15) is 5.11 Å². The summed E-state index contributed by atoms with van der Waals surface area (Å²) in [6.07, 6.45) is 2.59. The first kappa shape index (κ1) is 9.21. The maximum atomic E-state index is 10.2. The topological polar surface area (TPSA) is 70.1 Å². The van der Waals surface area contributed by atoms with Crippen molar-refractivity contribution >= 4 is 5.84 Å². The van der Waals surface area contributed by atoms with Gasteiger partial charge in [-0.05, 0) is 24.8 Å². The lowest BCUT2D eigenvalue weighted by Gasteiger charge is -2.38. The number of hydrogen-bond acceptors (Lipinski definition) is 2. The summed E-state index contributed by atoms with van der Waals surface area (Å²) in [5.41, 5.74) is 6.19. The quantitative estimate of drug-likeness (QED) is 0.486. The minimum absolute atomic E-state index is 0.0286. The summed E-state index contributed by atoms with van der Waals surface area (Å²) in [6.45, 7) is 0. The molecule has 1 aromatic rings. The van der Waals surface area contributed by atoms with Crippen molar-refractivity contribution in [2.75, 3.05) is 0 Å². The van der Waals surface area contributed by atoms with E-state index in [1.54, 1.807) is 6.07 Å². The Hall–Kier alpha value is -1.35. The highest BCUT2D eigenvalue weighted by atomic mass is 16.3. The molecule has 3 heteroatoms. The van der Waals surface area contributed by atoms with Crippen LogP contribution in [-0.2, 0) is 5.60 Å². The Morgan fingerprint density at radius 1 is 1.36 bits per heavy atom. The fourth-order valence-corrected chi connectivity index (χ4v) is 1.90. The molecular formula is C11H14N2O. The maximum absolute atomic E-state index is 10.2. The molecular weight excluding hydrogens is 176 g/mol. The molecule has 1 aliphatic carbocycles. The summed E-state index contributed by atoms with van der Waals surface area (Å²) in [5.74, 6) is 0.0286. The smallest absolute Gasteiger partial charge is 0.123 e. The highest BCUT2D eigenvalue weighted by Crippen LogP contribution is 2.42. The fraction of sp³-hybridized carbons (Fsp3) is 0.364. The molecule has 3 nitrogen and oxygen atoms in total. The van der Waals surface area contributed by atoms with Crippen LogP contribution in [0.1, 0.15) is 30.4 Å². The Kier molecular flexibility index (Phi) is 2.04. The van der Waals surface area contributed by atoms with Gasteiger partial charge in [0, 0.05) is 5.56 Å². The van der Waals surface area contributed by atoms with E-state index in [1.165, 1.54) is 0 Å². The third-order valence-corrected chi connectivity index (χ3v) is 2.90. The van der Waals surface area contributed by atoms with Crippen LogP contribution in [0, 0.1) is 5.41 Å². The zero-order chi connectivity index (χ0) is 10.2. The summed E-state index contributed by atoms with van der Waals surface area (Å²) in [5, 5.41) is 17.6. The Bertz CT molecular complexity index is 369. The van der Waals surface area contributed by atoms with Gasteiger partial charge in [-0.3, -0.25) is 5.41 Å². The average Bonchev–Trinajstić information content (AvgIpc) is 2.14. The lowest BCUT2D eigenvalue weighted by Crippen LogP contribution is -2.36. The van der Waals surface area contributed by atoms with Gasteiger partial charge < -0.3 is 10.8 Å². The van der Waals surface area contributed by atoms with Gasteiger partial charge in [0.1, 0.15) is 5.84 Å². The molecule has 0 spiro atoms. The normalized spacial score (nSPS) is 18.6. The first-order chi connectivity index (χ1) is 6.63. The van der Waals surface area contributed by atoms with E-state index in [0.717, 1.165) is 24.8 Å². The molecule has 1 fully saturated rings. The zero-order valence-electron chi connectivity index (χ0n) is 7.96. The van der Waals surface area contributed by atoms with Gasteiger partial charge in [0.05, 0.1) is 5.60 Å². The van der Waals surface area contributed by atoms with Crippen molar-refractivity contribution < 1.29 is 5.11 Å². The van der Waals surface area contributed by atoms with Crippen LogP contribution < -0.4 is 5.73 Å². The van der Waals surface area contributed by atoms with Crippen LogP contribution in [0.4, 0.5) is 0 Å². The summed E-state index contributed by atoms with van der Waals surface area (Å²) in [6, 6.07) is 7.35. The number of amidine groups is 1. The summed E-state index contributed by atoms with van der Waals surface area (Å²) < 4.78 is 0. The molecule has 0 aliphatic heterocycles. The molecule has 1 saturated carbocycles. The van der Waals surface area contributed by atoms with Crippen molar-refractivity contribution in [3.63, 3.8) is 0 Å². The molecule has 0 amide bonds. The van der Waals surface area contributed by atoms with Crippen LogP contribution in [-0.4, -0.2) is 10.9 Å². The molecule has 14 heavy (non-hydrogen) atoms. The Balaban J connectivity index is 2.46. The Morgan fingerprint density at radius 3 is 2.50 bits per heavy atom. The van der Waals surface area contributed by atoms with Gasteiger partial charge >= 0.3 is 0 Å². The van der Waals surface area contributed by atoms with E-state index >= 15 is 0 Å². The number of aliphatic hydroxyl groups is 1. The molecule has 2 rings (SSSR count). The third-order valence-electron chi connectivity index (χ3n) is 2.90. The summed E-state index contributed by atoms with van der Waals surface area (Å²) >= 11 is 0. The minimum atomic E-state index is -0.734. The molecule has 4 N–H and O–H groups in total. The third kappa shape index (κ3) is 1.30. The number of hydrogen-bond donors (Lipinski definition) is 3. The molecule has 1 aliphatic rings. The number of rotatable bonds is 2. The van der Waals surface area contributed by atoms with Gasteiger partial charge in [0.25, 0.3) is 0 Å². The van der Waals surface area contributed by atoms with Gasteiger partial charge in [0.15, 0.2) is 0 Å². The van der Waals surface area contributed by atoms with Crippen molar-refractivity contribution in [1.82, 2.24) is 0 Å². The predicted molar refractivity (Wildman–Crippen MR) is 55.2 cm³/mol. The molecule has 0 bridgehead atoms. The molecule has 0 atom stereocenters. The number of nitrogens with one attached hydrogen (secondary N) is 1. The van der Waals surface area contributed by atoms with E-state index < -0.39 is 5.60 Å². The van der Waals surface area contributed by atoms with Crippen LogP contribution in [0.3, 0.4) is 0 Å². The number of benzene rings is 1. The molecule has 0 saturated heterocycles. The van der Waals surface area contributed by atoms with Gasteiger partial charge in [-0.15, -0.1) is 0 Å². The van der Waals surface area contributed by atoms with Crippen LogP contribution in [0.15, 0.2) is 24.3 Å². The van der Waals surface area contributed by atoms with Crippen molar-refractivity contribution in [2.24, 2.45) is 5.73 Å². The van der Waals surface area contributed by atoms with E-state index in [1.807, 2.05) is 18.2 Å². The molecule has 0 radical (unpaired) electrons. The van der Waals surface area contributed by atoms with E-state index in [-0.39, 0.29) is 5.84 Å². The van der Waals surface area contributed by atoms with Crippen molar-refractivity contribution in [3.8, 4) is 0 Å². The highest BCUT2D eigenvalue weighted by molar-refractivity contribution is 5.96. The first-order valence-electron chi connectivity index (χ1n) is 4.80. The average molecular weight is 190 g/mol. The summed E-state index contributed by atoms with van der Waals surface area (Å²) in [7, 11) is 0. The number of nitrogen functional groups attached to an aromatic ring is 1. The maximum Gasteiger partial charge on any atom is 0.123 e. The zero-order valence-corrected chi connectivity index (χ0v) is 7.96. The first-order valence-corrected chi connectivity index (χ1v) is 4.80. The molecule has 0 aromatic heterocycles. The van der Waals surface area contributed by atoms with Gasteiger partial charge in [-0.1, -0.05) is 24.3 Å². The second-order valence-corrected chi connectivity index (χ2v) is 3.84. The van der Waals surface area contributed by atoms with E-state index in [2.05, 4.69) is 0 Å². The lowest BCUT2D eigenvalue weighted by atomic mass is 9.73. The molecule has 74 valence electrons. The monoisotopic (exact) mass is 190 g/mol. The van der Waals surface area contributed by atoms with Crippen LogP contribution in [0.25, 0.3) is 0 Å². The molecule has 0 heterocycles. The summed E-state index contributed by atoms with van der Waals surface area (Å²) in [4.78, 5) is 0. The van der Waals surface area contributed by atoms with Crippen LogP contribution in [0.2, 0.25) is 0 Å². The second kappa shape index (κ2) is 3.10. The standard InChI is InChI=1S/C11H14N2O/c12-10(13)8-4-1-2-5-9(8)11(14)6-3-7-11/h1-2,4-5,14H,3,6-7H2,(H3,12,13). The Labute approximate surface area is 83.1 Å². The van der Waals surface area contributed by atoms with E-state index in [4.69, 9.17) is 11.1 Å². The molecule has 1 aromatic carbocycles. The SMILES string of the molecule is N=C(N)c1ccccc1C1(O)CCC1.